The Balaban J connectivity index is 1.93. The van der Waals surface area contributed by atoms with Crippen molar-refractivity contribution in [1.82, 2.24) is 4.98 Å². The molecule has 1 aromatic heterocycles. The summed E-state index contributed by atoms with van der Waals surface area (Å²) in [6.45, 7) is 1.71. The molecule has 0 amide bonds. The van der Waals surface area contributed by atoms with Crippen molar-refractivity contribution in [3.63, 3.8) is 0 Å². The fourth-order valence-corrected chi connectivity index (χ4v) is 2.77. The average molecular weight is 285 g/mol. The predicted molar refractivity (Wildman–Crippen MR) is 82.9 cm³/mol. The van der Waals surface area contributed by atoms with Crippen LogP contribution in [0.25, 0.3) is 0 Å². The van der Waals surface area contributed by atoms with Crippen molar-refractivity contribution in [3.05, 3.63) is 41.6 Å². The zero-order chi connectivity index (χ0) is 14.8. The zero-order valence-corrected chi connectivity index (χ0v) is 12.3. The highest BCUT2D eigenvalue weighted by Gasteiger charge is 2.21. The van der Waals surface area contributed by atoms with Crippen molar-refractivity contribution in [1.29, 1.82) is 0 Å². The largest absolute Gasteiger partial charge is 0.493 e. The topological polar surface area (TPSA) is 60.6 Å². The number of nitrogens with two attached hydrogens (primary N) is 1. The van der Waals surface area contributed by atoms with E-state index in [-0.39, 0.29) is 0 Å². The van der Waals surface area contributed by atoms with Crippen LogP contribution in [-0.4, -0.2) is 25.7 Å². The van der Waals surface area contributed by atoms with E-state index in [4.69, 9.17) is 15.2 Å². The number of ether oxygens (including phenoxy) is 2. The van der Waals surface area contributed by atoms with Gasteiger partial charge in [0, 0.05) is 19.3 Å². The highest BCUT2D eigenvalue weighted by atomic mass is 16.5. The van der Waals surface area contributed by atoms with Gasteiger partial charge in [-0.1, -0.05) is 0 Å². The summed E-state index contributed by atoms with van der Waals surface area (Å²) < 4.78 is 10.8. The first-order valence-electron chi connectivity index (χ1n) is 6.92. The molecule has 2 aromatic rings. The maximum atomic E-state index is 5.98. The monoisotopic (exact) mass is 285 g/mol. The van der Waals surface area contributed by atoms with Crippen molar-refractivity contribution in [3.8, 4) is 11.5 Å². The van der Waals surface area contributed by atoms with E-state index in [1.54, 1.807) is 20.4 Å². The van der Waals surface area contributed by atoms with Crippen molar-refractivity contribution < 1.29 is 9.47 Å². The molecule has 0 atom stereocenters. The number of pyridine rings is 1. The van der Waals surface area contributed by atoms with Crippen LogP contribution in [0.2, 0.25) is 0 Å². The second-order valence-corrected chi connectivity index (χ2v) is 5.06. The normalized spacial score (nSPS) is 13.7. The number of hydrogen-bond donors (Lipinski definition) is 1. The number of fused-ring (bicyclic) bond motifs is 1. The van der Waals surface area contributed by atoms with Crippen molar-refractivity contribution in [2.45, 2.75) is 13.0 Å². The molecule has 1 aliphatic heterocycles. The van der Waals surface area contributed by atoms with Crippen LogP contribution in [0.5, 0.6) is 11.5 Å². The Morgan fingerprint density at radius 2 is 1.86 bits per heavy atom. The number of aromatic nitrogens is 1. The van der Waals surface area contributed by atoms with Crippen LogP contribution in [0.15, 0.2) is 30.5 Å². The molecule has 1 aromatic carbocycles. The molecule has 0 bridgehead atoms. The summed E-state index contributed by atoms with van der Waals surface area (Å²) in [5.41, 5.74) is 9.50. The van der Waals surface area contributed by atoms with Crippen LogP contribution < -0.4 is 20.1 Å². The number of anilines is 2. The number of nitrogen functional groups attached to an aromatic ring is 1. The highest BCUT2D eigenvalue weighted by molar-refractivity contribution is 5.64. The van der Waals surface area contributed by atoms with Crippen LogP contribution in [0.3, 0.4) is 0 Å². The van der Waals surface area contributed by atoms with E-state index in [9.17, 15) is 0 Å². The van der Waals surface area contributed by atoms with E-state index >= 15 is 0 Å². The maximum Gasteiger partial charge on any atom is 0.161 e. The summed E-state index contributed by atoms with van der Waals surface area (Å²) in [6, 6.07) is 8.04. The van der Waals surface area contributed by atoms with Gasteiger partial charge in [0.15, 0.2) is 11.5 Å². The minimum Gasteiger partial charge on any atom is -0.493 e. The van der Waals surface area contributed by atoms with Gasteiger partial charge in [-0.3, -0.25) is 0 Å². The Kier molecular flexibility index (Phi) is 3.56. The minimum absolute atomic E-state index is 0.571. The number of methoxy groups -OCH3 is 2. The lowest BCUT2D eigenvalue weighted by Crippen LogP contribution is -2.31. The summed E-state index contributed by atoms with van der Waals surface area (Å²) in [5.74, 6) is 2.12. The van der Waals surface area contributed by atoms with Gasteiger partial charge in [-0.15, -0.1) is 0 Å². The molecule has 5 nitrogen and oxygen atoms in total. The maximum absolute atomic E-state index is 5.98. The predicted octanol–water partition coefficient (Wildman–Crippen LogP) is 2.24. The lowest BCUT2D eigenvalue weighted by molar-refractivity contribution is 0.353. The summed E-state index contributed by atoms with van der Waals surface area (Å²) >= 11 is 0. The second-order valence-electron chi connectivity index (χ2n) is 5.06. The first kappa shape index (κ1) is 13.5. The van der Waals surface area contributed by atoms with Gasteiger partial charge in [0.2, 0.25) is 0 Å². The SMILES string of the molecule is COc1cc2c(cc1OC)CN(c1cccnc1N)CC2. The molecule has 2 N–H and O–H groups in total. The summed E-state index contributed by atoms with van der Waals surface area (Å²) in [5, 5.41) is 0. The molecule has 21 heavy (non-hydrogen) atoms. The van der Waals surface area contributed by atoms with Gasteiger partial charge < -0.3 is 20.1 Å². The Morgan fingerprint density at radius 3 is 2.52 bits per heavy atom. The van der Waals surface area contributed by atoms with Crippen LogP contribution in [-0.2, 0) is 13.0 Å². The zero-order valence-electron chi connectivity index (χ0n) is 12.3. The van der Waals surface area contributed by atoms with E-state index in [1.165, 1.54) is 11.1 Å². The van der Waals surface area contributed by atoms with Crippen molar-refractivity contribution in [2.24, 2.45) is 0 Å². The molecule has 5 heteroatoms. The molecule has 0 radical (unpaired) electrons. The summed E-state index contributed by atoms with van der Waals surface area (Å²) in [7, 11) is 3.32. The molecule has 0 aliphatic carbocycles. The van der Waals surface area contributed by atoms with E-state index < -0.39 is 0 Å². The smallest absolute Gasteiger partial charge is 0.161 e. The van der Waals surface area contributed by atoms with Crippen molar-refractivity contribution in [2.75, 3.05) is 31.4 Å². The van der Waals surface area contributed by atoms with Gasteiger partial charge in [0.05, 0.1) is 19.9 Å². The lowest BCUT2D eigenvalue weighted by atomic mass is 9.98. The standard InChI is InChI=1S/C16H19N3O2/c1-20-14-8-11-5-7-19(10-12(11)9-15(14)21-2)13-4-3-6-18-16(13)17/h3-4,6,8-9H,5,7,10H2,1-2H3,(H2,17,18). The number of hydrogen-bond acceptors (Lipinski definition) is 5. The van der Waals surface area contributed by atoms with Crippen LogP contribution in [0, 0.1) is 0 Å². The molecular formula is C16H19N3O2. The number of benzene rings is 1. The molecule has 0 unspecified atom stereocenters. The highest BCUT2D eigenvalue weighted by Crippen LogP contribution is 2.35. The van der Waals surface area contributed by atoms with Gasteiger partial charge in [-0.25, -0.2) is 4.98 Å². The first-order chi connectivity index (χ1) is 10.2. The molecule has 110 valence electrons. The van der Waals surface area contributed by atoms with Crippen molar-refractivity contribution >= 4 is 11.5 Å². The van der Waals surface area contributed by atoms with Gasteiger partial charge >= 0.3 is 0 Å². The molecule has 3 rings (SSSR count). The van der Waals surface area contributed by atoms with E-state index in [1.807, 2.05) is 18.2 Å². The van der Waals surface area contributed by atoms with Gasteiger partial charge in [-0.05, 0) is 41.8 Å². The Labute approximate surface area is 124 Å². The third-order valence-electron chi connectivity index (χ3n) is 3.87. The Bertz CT molecular complexity index is 658. The lowest BCUT2D eigenvalue weighted by Gasteiger charge is -2.31. The minimum atomic E-state index is 0.571. The molecule has 1 aliphatic rings. The Hall–Kier alpha value is -2.43. The molecule has 0 fully saturated rings. The molecule has 0 spiro atoms. The summed E-state index contributed by atoms with van der Waals surface area (Å²) in [4.78, 5) is 6.41. The van der Waals surface area contributed by atoms with E-state index in [2.05, 4.69) is 16.0 Å². The van der Waals surface area contributed by atoms with Gasteiger partial charge in [0.1, 0.15) is 5.82 Å². The third-order valence-corrected chi connectivity index (χ3v) is 3.87. The third kappa shape index (κ3) is 2.46. The van der Waals surface area contributed by atoms with E-state index in [0.717, 1.165) is 36.7 Å². The van der Waals surface area contributed by atoms with Crippen LogP contribution in [0.4, 0.5) is 11.5 Å². The quantitative estimate of drug-likeness (QED) is 0.937. The van der Waals surface area contributed by atoms with Crippen LogP contribution >= 0.6 is 0 Å². The molecular weight excluding hydrogens is 266 g/mol. The number of rotatable bonds is 3. The molecule has 2 heterocycles. The van der Waals surface area contributed by atoms with Gasteiger partial charge in [0.25, 0.3) is 0 Å². The number of nitrogens with zero attached hydrogens (tertiary/aromatic N) is 2. The van der Waals surface area contributed by atoms with Crippen LogP contribution in [0.1, 0.15) is 11.1 Å². The average Bonchev–Trinajstić information content (AvgIpc) is 2.53. The second kappa shape index (κ2) is 5.52. The Morgan fingerprint density at radius 1 is 1.14 bits per heavy atom. The molecule has 0 saturated heterocycles. The summed E-state index contributed by atoms with van der Waals surface area (Å²) in [6.07, 6.45) is 2.66. The van der Waals surface area contributed by atoms with E-state index in [0.29, 0.717) is 5.82 Å². The fourth-order valence-electron chi connectivity index (χ4n) is 2.77. The fraction of sp³-hybridized carbons (Fsp3) is 0.312. The molecule has 0 saturated carbocycles. The van der Waals surface area contributed by atoms with Gasteiger partial charge in [-0.2, -0.15) is 0 Å². The first-order valence-corrected chi connectivity index (χ1v) is 6.92.